The summed E-state index contributed by atoms with van der Waals surface area (Å²) in [5, 5.41) is 146. The van der Waals surface area contributed by atoms with Gasteiger partial charge in [-0.05, 0) is 12.1 Å². The van der Waals surface area contributed by atoms with Crippen molar-refractivity contribution in [3.05, 3.63) is 89.5 Å². The third-order valence-corrected chi connectivity index (χ3v) is 10.2. The molecule has 22 nitrogen and oxygen atoms in total. The summed E-state index contributed by atoms with van der Waals surface area (Å²) in [6.07, 6.45) is -23.6. The Morgan fingerprint density at radius 2 is 1.30 bits per heavy atom. The molecule has 4 aliphatic heterocycles. The van der Waals surface area contributed by atoms with Crippen molar-refractivity contribution >= 4 is 5.76 Å². The van der Waals surface area contributed by atoms with Gasteiger partial charge in [0.1, 0.15) is 91.4 Å². The maximum absolute atomic E-state index is 11.7. The molecule has 3 fully saturated rings. The number of benzene rings is 1. The maximum atomic E-state index is 11.7. The van der Waals surface area contributed by atoms with Crippen molar-refractivity contribution in [2.75, 3.05) is 19.8 Å². The van der Waals surface area contributed by atoms with E-state index in [1.54, 1.807) is 0 Å². The number of phenolic OH excluding ortho intramolecular Hbond substituents is 1. The lowest BCUT2D eigenvalue weighted by Gasteiger charge is -2.46. The minimum atomic E-state index is -1.99. The SMILES string of the molecule is C=C(O)CC(=C)OC[C@H]1O[C@@H](OC2=C(c3ccc(O[C@@H]4O[C@H](CO)[C@@H](O)[C@H](O)[C@H]4O)c(O)c3)[OH+]C3C=C(O)C=C(O)C3=C2)[C@H](O)[C@@H](O[C@@H]2O[C@H](CO)[C@@H](O)[C@H](O)[C@H]2O)[C@@H]1O. The molecule has 0 amide bonds. The lowest BCUT2D eigenvalue weighted by atomic mass is 9.96. The van der Waals surface area contributed by atoms with E-state index in [4.69, 9.17) is 33.2 Å². The van der Waals surface area contributed by atoms with Crippen LogP contribution in [0.4, 0.5) is 0 Å². The zero-order valence-electron chi connectivity index (χ0n) is 31.5. The minimum absolute atomic E-state index is 0.00483. The van der Waals surface area contributed by atoms with Crippen LogP contribution in [0.25, 0.3) is 5.76 Å². The highest BCUT2D eigenvalue weighted by atomic mass is 16.7. The van der Waals surface area contributed by atoms with Crippen LogP contribution in [0.1, 0.15) is 12.0 Å². The second kappa shape index (κ2) is 18.6. The Morgan fingerprint density at radius 1 is 0.700 bits per heavy atom. The van der Waals surface area contributed by atoms with Crippen LogP contribution in [0.3, 0.4) is 0 Å². The Kier molecular flexibility index (Phi) is 14.0. The van der Waals surface area contributed by atoms with Crippen LogP contribution < -0.4 is 4.74 Å². The lowest BCUT2D eigenvalue weighted by molar-refractivity contribution is -0.357. The van der Waals surface area contributed by atoms with Gasteiger partial charge >= 0.3 is 5.76 Å². The molecule has 1 aromatic carbocycles. The van der Waals surface area contributed by atoms with Crippen LogP contribution in [-0.4, -0.2) is 194 Å². The van der Waals surface area contributed by atoms with Gasteiger partial charge in [-0.25, -0.2) is 0 Å². The molecule has 15 N–H and O–H groups in total. The minimum Gasteiger partial charge on any atom is -0.571 e. The van der Waals surface area contributed by atoms with E-state index in [1.807, 2.05) is 0 Å². The van der Waals surface area contributed by atoms with Gasteiger partial charge in [-0.3, -0.25) is 0 Å². The fourth-order valence-electron chi connectivity index (χ4n) is 6.95. The van der Waals surface area contributed by atoms with Gasteiger partial charge in [0.25, 0.3) is 0 Å². The van der Waals surface area contributed by atoms with Crippen molar-refractivity contribution in [3.8, 4) is 11.5 Å². The van der Waals surface area contributed by atoms with Crippen molar-refractivity contribution in [3.63, 3.8) is 0 Å². The van der Waals surface area contributed by atoms with Gasteiger partial charge in [-0.2, -0.15) is 0 Å². The zero-order chi connectivity index (χ0) is 43.7. The predicted molar refractivity (Wildman–Crippen MR) is 197 cm³/mol. The molecule has 0 spiro atoms. The summed E-state index contributed by atoms with van der Waals surface area (Å²) in [5.74, 6) is -2.27. The summed E-state index contributed by atoms with van der Waals surface area (Å²) in [6, 6.07) is 3.70. The van der Waals surface area contributed by atoms with E-state index in [2.05, 4.69) is 17.9 Å². The molecule has 1 aliphatic carbocycles. The first kappa shape index (κ1) is 45.0. The number of fused-ring (bicyclic) bond motifs is 1. The molecule has 6 rings (SSSR count). The summed E-state index contributed by atoms with van der Waals surface area (Å²) >= 11 is 0. The molecule has 22 heteroatoms. The normalized spacial score (nSPS) is 38.1. The van der Waals surface area contributed by atoms with Gasteiger partial charge in [0, 0.05) is 18.2 Å². The van der Waals surface area contributed by atoms with Gasteiger partial charge < -0.3 is 109 Å². The van der Waals surface area contributed by atoms with Crippen molar-refractivity contribution in [2.24, 2.45) is 0 Å². The van der Waals surface area contributed by atoms with Crippen molar-refractivity contribution in [2.45, 2.75) is 105 Å². The Balaban J connectivity index is 1.33. The average Bonchev–Trinajstić information content (AvgIpc) is 3.20. The van der Waals surface area contributed by atoms with Crippen LogP contribution in [0.5, 0.6) is 11.5 Å². The van der Waals surface area contributed by atoms with E-state index in [-0.39, 0.29) is 52.1 Å². The van der Waals surface area contributed by atoms with E-state index in [9.17, 15) is 71.5 Å². The number of aromatic hydroxyl groups is 1. The summed E-state index contributed by atoms with van der Waals surface area (Å²) in [6.45, 7) is 4.97. The standard InChI is InChI=1S/C38H48O22/c1-13(41)5-14(2)53-12-25-28(47)35(60-37-32(51)30(49)27(46)24(11-40)58-37)33(52)38(59-25)56-22-9-17-18(43)7-16(42)8-21(17)54-34(22)15-3-4-20(19(44)6-15)55-36-31(50)29(48)26(45)23(10-39)57-36/h3-4,6-9,21,23-33,35-52H,1-2,5,10-12H2/p+1/t21?,23-,24-,25-,26-,27-,28-,29+,30+,31-,32-,33-,35+,36-,37+,38-/m1/s1. The third kappa shape index (κ3) is 9.36. The van der Waals surface area contributed by atoms with Crippen LogP contribution in [0.15, 0.2) is 84.0 Å². The van der Waals surface area contributed by atoms with E-state index >= 15 is 0 Å². The molecule has 1 unspecified atom stereocenters. The van der Waals surface area contributed by atoms with Crippen molar-refractivity contribution in [1.29, 1.82) is 0 Å². The van der Waals surface area contributed by atoms with Gasteiger partial charge in [-0.15, -0.1) is 0 Å². The second-order valence-electron chi connectivity index (χ2n) is 14.5. The second-order valence-corrected chi connectivity index (χ2v) is 14.5. The van der Waals surface area contributed by atoms with Crippen LogP contribution >= 0.6 is 0 Å². The maximum Gasteiger partial charge on any atom is 0.305 e. The molecule has 60 heavy (non-hydrogen) atoms. The monoisotopic (exact) mass is 857 g/mol. The Hall–Kier alpha value is -4.50. The van der Waals surface area contributed by atoms with Crippen LogP contribution in [-0.2, 0) is 28.4 Å². The van der Waals surface area contributed by atoms with E-state index in [1.165, 1.54) is 24.3 Å². The lowest BCUT2D eigenvalue weighted by Crippen LogP contribution is -2.64. The first-order valence-corrected chi connectivity index (χ1v) is 18.5. The zero-order valence-corrected chi connectivity index (χ0v) is 31.5. The predicted octanol–water partition coefficient (Wildman–Crippen LogP) is -3.39. The van der Waals surface area contributed by atoms with Crippen molar-refractivity contribution < 1.29 is 109 Å². The summed E-state index contributed by atoms with van der Waals surface area (Å²) in [7, 11) is 0. The highest BCUT2D eigenvalue weighted by Crippen LogP contribution is 2.40. The smallest absolute Gasteiger partial charge is 0.305 e. The van der Waals surface area contributed by atoms with Gasteiger partial charge in [0.05, 0.1) is 48.4 Å². The van der Waals surface area contributed by atoms with Crippen molar-refractivity contribution in [1.82, 2.24) is 0 Å². The largest absolute Gasteiger partial charge is 0.571 e. The fourth-order valence-corrected chi connectivity index (χ4v) is 6.95. The highest BCUT2D eigenvalue weighted by molar-refractivity contribution is 5.69. The molecule has 5 aliphatic rings. The topological polar surface area (TPSA) is 361 Å². The third-order valence-electron chi connectivity index (χ3n) is 10.2. The van der Waals surface area contributed by atoms with Crippen LogP contribution in [0, 0.1) is 0 Å². The molecule has 0 radical (unpaired) electrons. The summed E-state index contributed by atoms with van der Waals surface area (Å²) in [4.78, 5) is 0. The van der Waals surface area contributed by atoms with Crippen LogP contribution in [0.2, 0.25) is 0 Å². The van der Waals surface area contributed by atoms with E-state index in [0.717, 1.165) is 12.1 Å². The van der Waals surface area contributed by atoms with Gasteiger partial charge in [0.2, 0.25) is 24.4 Å². The Bertz CT molecular complexity index is 1860. The van der Waals surface area contributed by atoms with Gasteiger partial charge in [0.15, 0.2) is 17.8 Å². The molecule has 16 atom stereocenters. The number of ether oxygens (including phenoxy) is 8. The molecular formula is C38H49O22+. The number of phenols is 1. The van der Waals surface area contributed by atoms with E-state index < -0.39 is 130 Å². The first-order chi connectivity index (χ1) is 28.4. The number of allylic oxidation sites excluding steroid dienone is 2. The first-order valence-electron chi connectivity index (χ1n) is 18.5. The Labute approximate surface area is 340 Å². The molecule has 0 saturated carbocycles. The number of aliphatic hydroxyl groups excluding tert-OH is 13. The van der Waals surface area contributed by atoms with E-state index in [0.29, 0.717) is 0 Å². The molecule has 1 aromatic rings. The summed E-state index contributed by atoms with van der Waals surface area (Å²) < 4.78 is 44.5. The molecule has 3 saturated heterocycles. The highest BCUT2D eigenvalue weighted by Gasteiger charge is 2.52. The Morgan fingerprint density at radius 3 is 1.92 bits per heavy atom. The fraction of sp³-hybridized carbons (Fsp3) is 0.526. The molecule has 332 valence electrons. The van der Waals surface area contributed by atoms with Gasteiger partial charge in [-0.1, -0.05) is 13.2 Å². The molecule has 0 aromatic heterocycles. The number of hydrogen-bond acceptors (Lipinski definition) is 21. The quantitative estimate of drug-likeness (QED) is 0.0641. The molecule has 4 heterocycles. The molecule has 0 bridgehead atoms. The number of hydrogen-bond donors (Lipinski definition) is 14. The summed E-state index contributed by atoms with van der Waals surface area (Å²) in [5.41, 5.74) is 0.180. The average molecular weight is 858 g/mol. The number of aliphatic hydroxyl groups is 15. The number of rotatable bonds is 14. The molecular weight excluding hydrogens is 808 g/mol.